The number of nitrogens with one attached hydrogen (secondary N) is 2. The molecule has 3 aromatic carbocycles. The van der Waals surface area contributed by atoms with Gasteiger partial charge >= 0.3 is 0 Å². The van der Waals surface area contributed by atoms with E-state index in [0.717, 1.165) is 39.9 Å². The van der Waals surface area contributed by atoms with Crippen LogP contribution in [-0.4, -0.2) is 36.2 Å². The van der Waals surface area contributed by atoms with Crippen molar-refractivity contribution in [2.24, 2.45) is 0 Å². The number of nitrogens with zero attached hydrogens (tertiary/aromatic N) is 4. The lowest BCUT2D eigenvalue weighted by Crippen LogP contribution is -2.24. The summed E-state index contributed by atoms with van der Waals surface area (Å²) >= 11 is 1.37. The summed E-state index contributed by atoms with van der Waals surface area (Å²) < 4.78 is 1.78. The van der Waals surface area contributed by atoms with Gasteiger partial charge in [-0.05, 0) is 42.7 Å². The molecule has 0 spiro atoms. The molecule has 1 amide bonds. The number of hydrogen-bond donors (Lipinski definition) is 2. The molecule has 0 fully saturated rings. The van der Waals surface area contributed by atoms with Crippen LogP contribution in [0.1, 0.15) is 22.5 Å². The number of thioether (sulfide) groups is 1. The summed E-state index contributed by atoms with van der Waals surface area (Å²) in [4.78, 5) is 25.6. The number of aromatic nitrogens is 5. The number of rotatable bonds is 8. The number of benzene rings is 3. The molecule has 0 aliphatic rings. The van der Waals surface area contributed by atoms with Gasteiger partial charge in [-0.25, -0.2) is 9.97 Å². The second-order valence-electron chi connectivity index (χ2n) is 9.09. The summed E-state index contributed by atoms with van der Waals surface area (Å²) in [5.74, 6) is 0.957. The van der Waals surface area contributed by atoms with E-state index in [9.17, 15) is 4.79 Å². The van der Waals surface area contributed by atoms with Crippen LogP contribution in [0.4, 0.5) is 0 Å². The fourth-order valence-corrected chi connectivity index (χ4v) is 5.22. The monoisotopic (exact) mass is 506 g/mol. The van der Waals surface area contributed by atoms with Crippen LogP contribution in [0.15, 0.2) is 84.1 Å². The maximum Gasteiger partial charge on any atom is 0.230 e. The first-order valence-electron chi connectivity index (χ1n) is 12.3. The number of hydrogen-bond acceptors (Lipinski definition) is 5. The lowest BCUT2D eigenvalue weighted by molar-refractivity contribution is -0.118. The lowest BCUT2D eigenvalue weighted by Gasteiger charge is -2.07. The van der Waals surface area contributed by atoms with Crippen LogP contribution < -0.4 is 5.32 Å². The summed E-state index contributed by atoms with van der Waals surface area (Å²) in [6.45, 7) is 2.55. The number of aryl methyl sites for hydroxylation is 3. The van der Waals surface area contributed by atoms with Crippen LogP contribution in [0.25, 0.3) is 27.5 Å². The first-order chi connectivity index (χ1) is 18.1. The molecule has 0 aliphatic carbocycles. The molecule has 0 bridgehead atoms. The molecule has 0 saturated heterocycles. The van der Waals surface area contributed by atoms with Gasteiger partial charge in [0.05, 0.1) is 11.3 Å². The van der Waals surface area contributed by atoms with Gasteiger partial charge in [0.15, 0.2) is 16.6 Å². The van der Waals surface area contributed by atoms with Crippen molar-refractivity contribution in [2.45, 2.75) is 31.5 Å². The number of carbonyl (C=O) groups is 1. The van der Waals surface area contributed by atoms with Crippen molar-refractivity contribution in [1.29, 1.82) is 0 Å². The third-order valence-electron chi connectivity index (χ3n) is 6.43. The minimum Gasteiger partial charge on any atom is -0.361 e. The van der Waals surface area contributed by atoms with Gasteiger partial charge in [0.1, 0.15) is 0 Å². The number of H-pyrrole nitrogens is 1. The number of para-hydroxylation sites is 2. The highest BCUT2D eigenvalue weighted by molar-refractivity contribution is 7.99. The van der Waals surface area contributed by atoms with Crippen molar-refractivity contribution in [3.63, 3.8) is 0 Å². The van der Waals surface area contributed by atoms with Gasteiger partial charge in [0.2, 0.25) is 5.91 Å². The molecule has 7 nitrogen and oxygen atoms in total. The normalized spacial score (nSPS) is 11.5. The molecular weight excluding hydrogens is 480 g/mol. The maximum absolute atomic E-state index is 12.6. The number of fused-ring (bicyclic) bond motifs is 4. The molecule has 0 radical (unpaired) electrons. The van der Waals surface area contributed by atoms with E-state index in [4.69, 9.17) is 15.1 Å². The third kappa shape index (κ3) is 4.93. The molecule has 0 aliphatic heterocycles. The average Bonchev–Trinajstić information content (AvgIpc) is 3.55. The van der Waals surface area contributed by atoms with Crippen molar-refractivity contribution < 1.29 is 4.79 Å². The largest absolute Gasteiger partial charge is 0.361 e. The second-order valence-corrected chi connectivity index (χ2v) is 10.0. The lowest BCUT2D eigenvalue weighted by atomic mass is 10.1. The topological polar surface area (TPSA) is 88.0 Å². The second kappa shape index (κ2) is 10.1. The highest BCUT2D eigenvalue weighted by atomic mass is 32.2. The Morgan fingerprint density at radius 3 is 2.59 bits per heavy atom. The highest BCUT2D eigenvalue weighted by Gasteiger charge is 2.15. The zero-order chi connectivity index (χ0) is 25.2. The average molecular weight is 507 g/mol. The fourth-order valence-electron chi connectivity index (χ4n) is 4.45. The summed E-state index contributed by atoms with van der Waals surface area (Å²) in [6, 6.07) is 24.4. The predicted molar refractivity (Wildman–Crippen MR) is 148 cm³/mol. The van der Waals surface area contributed by atoms with Crippen LogP contribution in [0, 0.1) is 6.92 Å². The van der Waals surface area contributed by atoms with Gasteiger partial charge in [-0.1, -0.05) is 71.9 Å². The first kappa shape index (κ1) is 23.2. The molecule has 2 N–H and O–H groups in total. The van der Waals surface area contributed by atoms with E-state index >= 15 is 0 Å². The van der Waals surface area contributed by atoms with E-state index in [2.05, 4.69) is 34.7 Å². The van der Waals surface area contributed by atoms with Crippen LogP contribution in [-0.2, 0) is 24.2 Å². The van der Waals surface area contributed by atoms with E-state index in [1.807, 2.05) is 61.5 Å². The Balaban J connectivity index is 1.21. The molecule has 3 aromatic heterocycles. The van der Waals surface area contributed by atoms with E-state index < -0.39 is 0 Å². The van der Waals surface area contributed by atoms with Crippen molar-refractivity contribution in [3.05, 3.63) is 102 Å². The minimum absolute atomic E-state index is 0.0478. The van der Waals surface area contributed by atoms with Crippen molar-refractivity contribution in [1.82, 2.24) is 29.9 Å². The Labute approximate surface area is 218 Å². The standard InChI is InChI=1S/C29H26N6OS/c1-19-10-12-20(13-11-19)16-31-27(36)18-37-29-32-25-9-5-3-7-23(25)28-33-26(34-35(28)29)15-14-21-17-30-24-8-4-2-6-22(21)24/h2-13,17,30H,14-16,18H2,1H3,(H,31,36). The van der Waals surface area contributed by atoms with Crippen molar-refractivity contribution in [3.8, 4) is 0 Å². The zero-order valence-corrected chi connectivity index (χ0v) is 21.3. The molecule has 8 heteroatoms. The van der Waals surface area contributed by atoms with E-state index in [1.54, 1.807) is 4.52 Å². The zero-order valence-electron chi connectivity index (χ0n) is 20.4. The number of carbonyl (C=O) groups excluding carboxylic acids is 1. The Hall–Kier alpha value is -4.17. The van der Waals surface area contributed by atoms with Gasteiger partial charge in [-0.15, -0.1) is 5.10 Å². The fraction of sp³-hybridized carbons (Fsp3) is 0.172. The van der Waals surface area contributed by atoms with Crippen LogP contribution in [0.5, 0.6) is 0 Å². The SMILES string of the molecule is Cc1ccc(CNC(=O)CSc2nc3ccccc3c3nc(CCc4c[nH]c5ccccc45)nn23)cc1. The molecule has 6 rings (SSSR count). The van der Waals surface area contributed by atoms with E-state index in [1.165, 1.54) is 28.3 Å². The van der Waals surface area contributed by atoms with E-state index in [-0.39, 0.29) is 11.7 Å². The Kier molecular flexibility index (Phi) is 6.32. The van der Waals surface area contributed by atoms with Gasteiger partial charge in [-0.2, -0.15) is 4.52 Å². The number of aromatic amines is 1. The van der Waals surface area contributed by atoms with Gasteiger partial charge in [0.25, 0.3) is 0 Å². The summed E-state index contributed by atoms with van der Waals surface area (Å²) in [5.41, 5.74) is 6.26. The predicted octanol–water partition coefficient (Wildman–Crippen LogP) is 5.26. The van der Waals surface area contributed by atoms with Gasteiger partial charge in [0, 0.05) is 35.5 Å². The Morgan fingerprint density at radius 2 is 1.73 bits per heavy atom. The Morgan fingerprint density at radius 1 is 0.946 bits per heavy atom. The van der Waals surface area contributed by atoms with Gasteiger partial charge < -0.3 is 10.3 Å². The van der Waals surface area contributed by atoms with Crippen molar-refractivity contribution >= 4 is 45.1 Å². The number of amides is 1. The molecule has 0 unspecified atom stereocenters. The van der Waals surface area contributed by atoms with Crippen LogP contribution in [0.2, 0.25) is 0 Å². The Bertz CT molecular complexity index is 1720. The van der Waals surface area contributed by atoms with Gasteiger partial charge in [-0.3, -0.25) is 4.79 Å². The van der Waals surface area contributed by atoms with Crippen LogP contribution >= 0.6 is 11.8 Å². The van der Waals surface area contributed by atoms with Crippen LogP contribution in [0.3, 0.4) is 0 Å². The molecule has 0 atom stereocenters. The van der Waals surface area contributed by atoms with Crippen molar-refractivity contribution in [2.75, 3.05) is 5.75 Å². The molecule has 37 heavy (non-hydrogen) atoms. The smallest absolute Gasteiger partial charge is 0.230 e. The summed E-state index contributed by atoms with van der Waals surface area (Å²) in [6.07, 6.45) is 3.60. The molecule has 0 saturated carbocycles. The molecule has 184 valence electrons. The minimum atomic E-state index is -0.0478. The summed E-state index contributed by atoms with van der Waals surface area (Å²) in [5, 5.41) is 10.6. The molecule has 3 heterocycles. The molecular formula is C29H26N6OS. The van der Waals surface area contributed by atoms with E-state index in [0.29, 0.717) is 18.1 Å². The maximum atomic E-state index is 12.6. The first-order valence-corrected chi connectivity index (χ1v) is 13.3. The quantitative estimate of drug-likeness (QED) is 0.217. The third-order valence-corrected chi connectivity index (χ3v) is 7.36. The highest BCUT2D eigenvalue weighted by Crippen LogP contribution is 2.25. The summed E-state index contributed by atoms with van der Waals surface area (Å²) in [7, 11) is 0. The molecule has 6 aromatic rings.